The summed E-state index contributed by atoms with van der Waals surface area (Å²) in [5, 5.41) is 16.8. The van der Waals surface area contributed by atoms with E-state index in [9.17, 15) is 4.79 Å². The Hall–Kier alpha value is -1.55. The lowest BCUT2D eigenvalue weighted by Gasteiger charge is -2.37. The van der Waals surface area contributed by atoms with Crippen LogP contribution in [0, 0.1) is 0 Å². The van der Waals surface area contributed by atoms with Crippen LogP contribution in [0.5, 0.6) is 0 Å². The van der Waals surface area contributed by atoms with Crippen LogP contribution in [0.1, 0.15) is 17.4 Å². The maximum Gasteiger partial charge on any atom is 0.287 e. The Morgan fingerprint density at radius 3 is 3.15 bits per heavy atom. The molecule has 112 valence electrons. The number of aliphatic hydroxyl groups excluding tert-OH is 1. The summed E-state index contributed by atoms with van der Waals surface area (Å²) in [6.45, 7) is 4.73. The fraction of sp³-hybridized carbons (Fsp3) is 0.727. The third kappa shape index (κ3) is 3.51. The summed E-state index contributed by atoms with van der Waals surface area (Å²) < 4.78 is 7.08. The molecule has 20 heavy (non-hydrogen) atoms. The standard InChI is InChI=1S/C11H20N6O3/c1-8-7-20-9(6-18)4-16(8)2-3-17-5-10(14-15-17)11(19)13-12/h5,8-9,18H,2-4,6-7,12H2,1H3,(H,13,19). The summed E-state index contributed by atoms with van der Waals surface area (Å²) in [5.41, 5.74) is 2.20. The Kier molecular flexibility index (Phi) is 5.01. The highest BCUT2D eigenvalue weighted by Crippen LogP contribution is 2.11. The average molecular weight is 284 g/mol. The van der Waals surface area contributed by atoms with Gasteiger partial charge in [-0.05, 0) is 6.92 Å². The Labute approximate surface area is 116 Å². The summed E-state index contributed by atoms with van der Waals surface area (Å²) in [7, 11) is 0. The number of morpholine rings is 1. The minimum Gasteiger partial charge on any atom is -0.394 e. The van der Waals surface area contributed by atoms with Crippen LogP contribution in [0.2, 0.25) is 0 Å². The minimum atomic E-state index is -0.462. The van der Waals surface area contributed by atoms with Gasteiger partial charge >= 0.3 is 0 Å². The average Bonchev–Trinajstić information content (AvgIpc) is 2.94. The van der Waals surface area contributed by atoms with E-state index in [4.69, 9.17) is 15.7 Å². The predicted molar refractivity (Wildman–Crippen MR) is 69.5 cm³/mol. The molecule has 1 fully saturated rings. The van der Waals surface area contributed by atoms with Crippen molar-refractivity contribution in [2.75, 3.05) is 26.3 Å². The molecule has 1 amide bonds. The molecule has 0 aromatic carbocycles. The number of rotatable bonds is 5. The van der Waals surface area contributed by atoms with Crippen molar-refractivity contribution < 1.29 is 14.6 Å². The molecule has 2 atom stereocenters. The molecule has 2 rings (SSSR count). The van der Waals surface area contributed by atoms with Crippen LogP contribution < -0.4 is 11.3 Å². The predicted octanol–water partition coefficient (Wildman–Crippen LogP) is -2.04. The number of nitrogens with one attached hydrogen (secondary N) is 1. The summed E-state index contributed by atoms with van der Waals surface area (Å²) in [6.07, 6.45) is 1.41. The lowest BCUT2D eigenvalue weighted by atomic mass is 10.2. The van der Waals surface area contributed by atoms with Crippen LogP contribution in [-0.2, 0) is 11.3 Å². The van der Waals surface area contributed by atoms with E-state index in [-0.39, 0.29) is 24.4 Å². The maximum absolute atomic E-state index is 11.3. The smallest absolute Gasteiger partial charge is 0.287 e. The quantitative estimate of drug-likeness (QED) is 0.324. The van der Waals surface area contributed by atoms with Gasteiger partial charge in [-0.1, -0.05) is 5.21 Å². The summed E-state index contributed by atoms with van der Waals surface area (Å²) in [5.74, 6) is 4.57. The zero-order valence-corrected chi connectivity index (χ0v) is 11.4. The van der Waals surface area contributed by atoms with Crippen LogP contribution >= 0.6 is 0 Å². The molecule has 9 nitrogen and oxygen atoms in total. The first kappa shape index (κ1) is 14.9. The first-order valence-electron chi connectivity index (χ1n) is 6.51. The zero-order chi connectivity index (χ0) is 14.5. The monoisotopic (exact) mass is 284 g/mol. The second kappa shape index (κ2) is 6.75. The largest absolute Gasteiger partial charge is 0.394 e. The number of hydrogen-bond donors (Lipinski definition) is 3. The fourth-order valence-electron chi connectivity index (χ4n) is 2.11. The van der Waals surface area contributed by atoms with E-state index in [1.165, 1.54) is 0 Å². The molecule has 4 N–H and O–H groups in total. The molecular formula is C11H20N6O3. The molecule has 2 heterocycles. The Bertz CT molecular complexity index is 451. The number of aromatic nitrogens is 3. The van der Waals surface area contributed by atoms with Gasteiger partial charge in [-0.15, -0.1) is 5.10 Å². The Morgan fingerprint density at radius 2 is 2.45 bits per heavy atom. The second-order valence-corrected chi connectivity index (χ2v) is 4.82. The lowest BCUT2D eigenvalue weighted by molar-refractivity contribution is -0.0785. The Balaban J connectivity index is 1.87. The summed E-state index contributed by atoms with van der Waals surface area (Å²) in [6, 6.07) is 0.285. The SMILES string of the molecule is CC1COC(CO)CN1CCn1cc(C(=O)NN)nn1. The maximum atomic E-state index is 11.3. The molecule has 0 aliphatic carbocycles. The molecule has 1 saturated heterocycles. The van der Waals surface area contributed by atoms with Gasteiger partial charge in [0.25, 0.3) is 5.91 Å². The first-order valence-corrected chi connectivity index (χ1v) is 6.51. The van der Waals surface area contributed by atoms with Gasteiger partial charge < -0.3 is 9.84 Å². The van der Waals surface area contributed by atoms with Crippen molar-refractivity contribution in [1.29, 1.82) is 0 Å². The third-order valence-electron chi connectivity index (χ3n) is 3.36. The normalized spacial score (nSPS) is 23.8. The van der Waals surface area contributed by atoms with Gasteiger partial charge in [-0.3, -0.25) is 19.8 Å². The summed E-state index contributed by atoms with van der Waals surface area (Å²) in [4.78, 5) is 13.5. The van der Waals surface area contributed by atoms with Crippen LogP contribution in [0.25, 0.3) is 0 Å². The molecule has 0 saturated carbocycles. The number of amides is 1. The van der Waals surface area contributed by atoms with Gasteiger partial charge in [0.1, 0.15) is 0 Å². The van der Waals surface area contributed by atoms with Crippen molar-refractivity contribution in [1.82, 2.24) is 25.3 Å². The molecule has 1 aromatic rings. The zero-order valence-electron chi connectivity index (χ0n) is 11.4. The third-order valence-corrected chi connectivity index (χ3v) is 3.36. The molecule has 1 aromatic heterocycles. The fourth-order valence-corrected chi connectivity index (χ4v) is 2.11. The van der Waals surface area contributed by atoms with E-state index in [0.717, 1.165) is 6.54 Å². The number of nitrogens with zero attached hydrogens (tertiary/aromatic N) is 4. The highest BCUT2D eigenvalue weighted by Gasteiger charge is 2.25. The number of ether oxygens (including phenoxy) is 1. The van der Waals surface area contributed by atoms with Gasteiger partial charge in [0.15, 0.2) is 5.69 Å². The summed E-state index contributed by atoms with van der Waals surface area (Å²) >= 11 is 0. The minimum absolute atomic E-state index is 0.0212. The van der Waals surface area contributed by atoms with Crippen molar-refractivity contribution in [2.45, 2.75) is 25.6 Å². The van der Waals surface area contributed by atoms with Crippen molar-refractivity contribution >= 4 is 5.91 Å². The lowest BCUT2D eigenvalue weighted by Crippen LogP contribution is -2.50. The van der Waals surface area contributed by atoms with Crippen molar-refractivity contribution in [3.05, 3.63) is 11.9 Å². The van der Waals surface area contributed by atoms with Gasteiger partial charge in [0.05, 0.1) is 32.1 Å². The van der Waals surface area contributed by atoms with Crippen LogP contribution in [0.15, 0.2) is 6.20 Å². The van der Waals surface area contributed by atoms with Gasteiger partial charge in [0.2, 0.25) is 0 Å². The topological polar surface area (TPSA) is 119 Å². The number of nitrogens with two attached hydrogens (primary N) is 1. The molecule has 0 radical (unpaired) electrons. The number of carbonyl (C=O) groups is 1. The highest BCUT2D eigenvalue weighted by molar-refractivity contribution is 5.91. The van der Waals surface area contributed by atoms with Crippen molar-refractivity contribution in [3.8, 4) is 0 Å². The van der Waals surface area contributed by atoms with E-state index in [1.807, 2.05) is 5.43 Å². The number of hydrogen-bond acceptors (Lipinski definition) is 7. The van der Waals surface area contributed by atoms with Crippen LogP contribution in [0.4, 0.5) is 0 Å². The number of nitrogen functional groups attached to an aromatic ring is 1. The van der Waals surface area contributed by atoms with Crippen LogP contribution in [-0.4, -0.2) is 69.4 Å². The number of hydrazine groups is 1. The van der Waals surface area contributed by atoms with Gasteiger partial charge in [-0.25, -0.2) is 5.84 Å². The van der Waals surface area contributed by atoms with Crippen molar-refractivity contribution in [2.24, 2.45) is 5.84 Å². The molecule has 1 aliphatic rings. The van der Waals surface area contributed by atoms with Crippen molar-refractivity contribution in [3.63, 3.8) is 0 Å². The van der Waals surface area contributed by atoms with E-state index >= 15 is 0 Å². The molecule has 0 bridgehead atoms. The highest BCUT2D eigenvalue weighted by atomic mass is 16.5. The van der Waals surface area contributed by atoms with E-state index < -0.39 is 5.91 Å². The molecule has 0 spiro atoms. The van der Waals surface area contributed by atoms with Crippen LogP contribution in [0.3, 0.4) is 0 Å². The van der Waals surface area contributed by atoms with E-state index in [2.05, 4.69) is 22.1 Å². The molecule has 1 aliphatic heterocycles. The molecule has 2 unspecified atom stereocenters. The Morgan fingerprint density at radius 1 is 1.65 bits per heavy atom. The van der Waals surface area contributed by atoms with E-state index in [1.54, 1.807) is 10.9 Å². The number of aliphatic hydroxyl groups is 1. The van der Waals surface area contributed by atoms with Gasteiger partial charge in [0, 0.05) is 19.1 Å². The molecule has 9 heteroatoms. The molecular weight excluding hydrogens is 264 g/mol. The second-order valence-electron chi connectivity index (χ2n) is 4.82. The van der Waals surface area contributed by atoms with E-state index in [0.29, 0.717) is 19.7 Å². The first-order chi connectivity index (χ1) is 9.63. The number of carbonyl (C=O) groups excluding carboxylic acids is 1. The van der Waals surface area contributed by atoms with Gasteiger partial charge in [-0.2, -0.15) is 0 Å².